The largest absolute Gasteiger partial charge is 0.397 e. The molecule has 0 radical (unpaired) electrons. The lowest BCUT2D eigenvalue weighted by molar-refractivity contribution is -0.118. The van der Waals surface area contributed by atoms with E-state index < -0.39 is 0 Å². The molecule has 28 heavy (non-hydrogen) atoms. The Labute approximate surface area is 173 Å². The van der Waals surface area contributed by atoms with Crippen LogP contribution in [0.15, 0.2) is 24.3 Å². The highest BCUT2D eigenvalue weighted by Crippen LogP contribution is 2.25. The van der Waals surface area contributed by atoms with Crippen molar-refractivity contribution in [3.8, 4) is 0 Å². The molecule has 0 aliphatic carbocycles. The van der Waals surface area contributed by atoms with Crippen LogP contribution >= 0.6 is 11.8 Å². The van der Waals surface area contributed by atoms with Crippen molar-refractivity contribution in [3.05, 3.63) is 35.5 Å². The first-order chi connectivity index (χ1) is 13.3. The number of aromatic nitrogens is 2. The number of allylic oxidation sites excluding steroid dienone is 1. The third-order valence-corrected chi connectivity index (χ3v) is 5.64. The first-order valence-corrected chi connectivity index (χ1v) is 10.7. The van der Waals surface area contributed by atoms with Crippen molar-refractivity contribution in [3.63, 3.8) is 0 Å². The van der Waals surface area contributed by atoms with Crippen molar-refractivity contribution in [1.82, 2.24) is 15.1 Å². The van der Waals surface area contributed by atoms with Gasteiger partial charge in [-0.05, 0) is 26.3 Å². The lowest BCUT2D eigenvalue weighted by Crippen LogP contribution is -2.48. The molecule has 0 saturated heterocycles. The summed E-state index contributed by atoms with van der Waals surface area (Å²) in [5.41, 5.74) is 14.3. The molecule has 0 aromatic carbocycles. The highest BCUT2D eigenvalue weighted by atomic mass is 32.2. The molecule has 156 valence electrons. The third-order valence-electron chi connectivity index (χ3n) is 4.58. The maximum Gasteiger partial charge on any atom is 0.230 e. The van der Waals surface area contributed by atoms with Crippen LogP contribution in [0.3, 0.4) is 0 Å². The normalized spacial score (nSPS) is 14.1. The van der Waals surface area contributed by atoms with Crippen LogP contribution in [0.25, 0.3) is 18.0 Å². The fourth-order valence-corrected chi connectivity index (χ4v) is 3.48. The molecular weight excluding hydrogens is 370 g/mol. The van der Waals surface area contributed by atoms with Gasteiger partial charge in [0.2, 0.25) is 5.91 Å². The molecule has 1 amide bonds. The van der Waals surface area contributed by atoms with Crippen LogP contribution in [0.1, 0.15) is 64.1 Å². The maximum absolute atomic E-state index is 12.2. The summed E-state index contributed by atoms with van der Waals surface area (Å²) in [6, 6.07) is 0. The van der Waals surface area contributed by atoms with Crippen molar-refractivity contribution >= 4 is 35.6 Å². The second-order valence-corrected chi connectivity index (χ2v) is 8.46. The Balaban J connectivity index is 2.55. The monoisotopic (exact) mass is 405 g/mol. The Bertz CT molecular complexity index is 706. The lowest BCUT2D eigenvalue weighted by Gasteiger charge is -2.25. The SMILES string of the molecule is C=Cc1c(/C(N)=C(\C)SCC(=O)NCC(C)(N)CCCCCC)cnn1C=C. The summed E-state index contributed by atoms with van der Waals surface area (Å²) in [7, 11) is 0. The number of thioether (sulfide) groups is 1. The highest BCUT2D eigenvalue weighted by Gasteiger charge is 2.19. The van der Waals surface area contributed by atoms with Crippen LogP contribution in [-0.2, 0) is 4.79 Å². The quantitative estimate of drug-likeness (QED) is 0.433. The van der Waals surface area contributed by atoms with Crippen LogP contribution in [0.2, 0.25) is 0 Å². The molecule has 1 atom stereocenters. The minimum atomic E-state index is -0.379. The Morgan fingerprint density at radius 3 is 2.71 bits per heavy atom. The molecule has 5 N–H and O–H groups in total. The Morgan fingerprint density at radius 2 is 2.11 bits per heavy atom. The fraction of sp³-hybridized carbons (Fsp3) is 0.524. The van der Waals surface area contributed by atoms with Crippen molar-refractivity contribution in [2.24, 2.45) is 11.5 Å². The molecule has 1 unspecified atom stereocenters. The molecule has 0 aliphatic heterocycles. The summed E-state index contributed by atoms with van der Waals surface area (Å²) in [4.78, 5) is 13.1. The van der Waals surface area contributed by atoms with Crippen LogP contribution in [0.5, 0.6) is 0 Å². The number of hydrogen-bond donors (Lipinski definition) is 3. The van der Waals surface area contributed by atoms with Gasteiger partial charge in [-0.3, -0.25) is 4.79 Å². The third kappa shape index (κ3) is 7.56. The van der Waals surface area contributed by atoms with Gasteiger partial charge >= 0.3 is 0 Å². The van der Waals surface area contributed by atoms with Crippen molar-refractivity contribution in [2.45, 2.75) is 58.4 Å². The standard InChI is InChI=1S/C21H35N5OS/c1-6-9-10-11-12-21(5,23)15-24-19(27)14-28-16(4)20(22)17-13-25-26(8-3)18(17)7-2/h7-8,13H,2-3,6,9-12,14-15,22-23H2,1,4-5H3,(H,24,27)/b20-16-. The number of unbranched alkanes of at least 4 members (excludes halogenated alkanes) is 3. The average Bonchev–Trinajstić information content (AvgIpc) is 3.10. The van der Waals surface area contributed by atoms with Gasteiger partial charge in [-0.25, -0.2) is 4.68 Å². The maximum atomic E-state index is 12.2. The molecule has 0 fully saturated rings. The second kappa shape index (κ2) is 11.8. The van der Waals surface area contributed by atoms with E-state index in [1.165, 1.54) is 31.0 Å². The van der Waals surface area contributed by atoms with E-state index in [0.717, 1.165) is 29.0 Å². The van der Waals surface area contributed by atoms with Crippen LogP contribution in [0, 0.1) is 0 Å². The summed E-state index contributed by atoms with van der Waals surface area (Å²) < 4.78 is 1.61. The Morgan fingerprint density at radius 1 is 1.39 bits per heavy atom. The Hall–Kier alpha value is -1.99. The molecule has 7 heteroatoms. The van der Waals surface area contributed by atoms with Gasteiger partial charge in [0, 0.05) is 28.8 Å². The van der Waals surface area contributed by atoms with E-state index in [9.17, 15) is 4.79 Å². The van der Waals surface area contributed by atoms with E-state index in [1.54, 1.807) is 23.2 Å². The van der Waals surface area contributed by atoms with Crippen molar-refractivity contribution < 1.29 is 4.79 Å². The number of nitrogens with one attached hydrogen (secondary N) is 1. The fourth-order valence-electron chi connectivity index (χ4n) is 2.76. The molecule has 0 spiro atoms. The van der Waals surface area contributed by atoms with Gasteiger partial charge in [-0.15, -0.1) is 11.8 Å². The molecule has 0 saturated carbocycles. The van der Waals surface area contributed by atoms with E-state index >= 15 is 0 Å². The smallest absolute Gasteiger partial charge is 0.230 e. The van der Waals surface area contributed by atoms with E-state index in [-0.39, 0.29) is 17.2 Å². The summed E-state index contributed by atoms with van der Waals surface area (Å²) in [5, 5.41) is 7.15. The van der Waals surface area contributed by atoms with Gasteiger partial charge in [0.05, 0.1) is 23.3 Å². The average molecular weight is 406 g/mol. The van der Waals surface area contributed by atoms with E-state index in [1.807, 2.05) is 13.8 Å². The van der Waals surface area contributed by atoms with Gasteiger partial charge in [0.25, 0.3) is 0 Å². The number of nitrogens with two attached hydrogens (primary N) is 2. The molecule has 1 aromatic heterocycles. The van der Waals surface area contributed by atoms with Crippen LogP contribution in [0.4, 0.5) is 0 Å². The second-order valence-electron chi connectivity index (χ2n) is 7.27. The summed E-state index contributed by atoms with van der Waals surface area (Å²) in [6.07, 6.45) is 10.6. The minimum absolute atomic E-state index is 0.0480. The van der Waals surface area contributed by atoms with Crippen LogP contribution in [-0.4, -0.2) is 33.5 Å². The van der Waals surface area contributed by atoms with Gasteiger partial charge in [0.1, 0.15) is 0 Å². The molecule has 1 aromatic rings. The number of carbonyl (C=O) groups excluding carboxylic acids is 1. The van der Waals surface area contributed by atoms with E-state index in [2.05, 4.69) is 30.5 Å². The zero-order valence-electron chi connectivity index (χ0n) is 17.5. The number of hydrogen-bond acceptors (Lipinski definition) is 5. The minimum Gasteiger partial charge on any atom is -0.397 e. The first kappa shape index (κ1) is 24.0. The molecule has 0 aliphatic rings. The number of carbonyl (C=O) groups is 1. The van der Waals surface area contributed by atoms with Gasteiger partial charge in [0.15, 0.2) is 0 Å². The van der Waals surface area contributed by atoms with Gasteiger partial charge < -0.3 is 16.8 Å². The highest BCUT2D eigenvalue weighted by molar-refractivity contribution is 8.03. The topological polar surface area (TPSA) is 99.0 Å². The molecule has 1 heterocycles. The molecule has 6 nitrogen and oxygen atoms in total. The van der Waals surface area contributed by atoms with Gasteiger partial charge in [-0.2, -0.15) is 5.10 Å². The van der Waals surface area contributed by atoms with E-state index in [4.69, 9.17) is 11.5 Å². The summed E-state index contributed by atoms with van der Waals surface area (Å²) >= 11 is 1.40. The summed E-state index contributed by atoms with van der Waals surface area (Å²) in [6.45, 7) is 14.1. The zero-order chi connectivity index (χ0) is 21.2. The van der Waals surface area contributed by atoms with E-state index in [0.29, 0.717) is 12.2 Å². The summed E-state index contributed by atoms with van der Waals surface area (Å²) in [5.74, 6) is 0.241. The zero-order valence-corrected chi connectivity index (χ0v) is 18.3. The molecule has 0 bridgehead atoms. The van der Waals surface area contributed by atoms with Crippen molar-refractivity contribution in [1.29, 1.82) is 0 Å². The predicted octanol–water partition coefficient (Wildman–Crippen LogP) is 3.81. The number of amides is 1. The lowest BCUT2D eigenvalue weighted by atomic mass is 9.95. The van der Waals surface area contributed by atoms with Crippen molar-refractivity contribution in [2.75, 3.05) is 12.3 Å². The first-order valence-electron chi connectivity index (χ1n) is 9.73. The molecule has 1 rings (SSSR count). The molecular formula is C21H35N5OS. The number of rotatable bonds is 13. The van der Waals surface area contributed by atoms with Gasteiger partial charge in [-0.1, -0.05) is 45.8 Å². The number of nitrogens with zero attached hydrogens (tertiary/aromatic N) is 2. The van der Waals surface area contributed by atoms with Crippen LogP contribution < -0.4 is 16.8 Å². The Kier molecular flexibility index (Phi) is 10.1. The predicted molar refractivity (Wildman–Crippen MR) is 122 cm³/mol.